The molecule has 0 aromatic carbocycles. The van der Waals surface area contributed by atoms with Crippen molar-refractivity contribution in [2.24, 2.45) is 5.92 Å². The van der Waals surface area contributed by atoms with Crippen molar-refractivity contribution < 1.29 is 14.7 Å². The number of amides is 1. The minimum absolute atomic E-state index is 0.180. The molecule has 1 heterocycles. The van der Waals surface area contributed by atoms with Crippen LogP contribution in [0.15, 0.2) is 6.07 Å². The van der Waals surface area contributed by atoms with Crippen LogP contribution in [0, 0.1) is 12.8 Å². The average Bonchev–Trinajstić information content (AvgIpc) is 2.37. The Kier molecular flexibility index (Phi) is 5.61. The maximum Gasteiger partial charge on any atom is 0.326 e. The molecule has 6 heteroatoms. The number of aromatic nitrogens is 2. The predicted octanol–water partition coefficient (Wildman–Crippen LogP) is 1.58. The predicted molar refractivity (Wildman–Crippen MR) is 74.5 cm³/mol. The van der Waals surface area contributed by atoms with Crippen molar-refractivity contribution in [2.75, 3.05) is 0 Å². The molecular weight excluding hydrogens is 258 g/mol. The summed E-state index contributed by atoms with van der Waals surface area (Å²) in [5, 5.41) is 19.6. The molecule has 1 aromatic rings. The van der Waals surface area contributed by atoms with Crippen LogP contribution in [0.3, 0.4) is 0 Å². The molecule has 0 spiro atoms. The highest BCUT2D eigenvalue weighted by Gasteiger charge is 2.23. The van der Waals surface area contributed by atoms with Gasteiger partial charge < -0.3 is 10.4 Å². The zero-order valence-electron chi connectivity index (χ0n) is 12.3. The summed E-state index contributed by atoms with van der Waals surface area (Å²) in [6.45, 7) is 7.44. The number of hydrogen-bond donors (Lipinski definition) is 2. The van der Waals surface area contributed by atoms with E-state index in [4.69, 9.17) is 5.11 Å². The fourth-order valence-electron chi connectivity index (χ4n) is 1.90. The highest BCUT2D eigenvalue weighted by Crippen LogP contribution is 2.10. The third-order valence-electron chi connectivity index (χ3n) is 2.88. The normalized spacial score (nSPS) is 12.2. The number of hydrogen-bond acceptors (Lipinski definition) is 4. The molecule has 0 aliphatic heterocycles. The minimum atomic E-state index is -1.02. The first-order valence-corrected chi connectivity index (χ1v) is 6.72. The Morgan fingerprint density at radius 2 is 2.00 bits per heavy atom. The molecule has 1 atom stereocenters. The summed E-state index contributed by atoms with van der Waals surface area (Å²) in [6, 6.07) is 0.746. The molecular formula is C14H21N3O3. The average molecular weight is 279 g/mol. The van der Waals surface area contributed by atoms with Crippen molar-refractivity contribution in [3.63, 3.8) is 0 Å². The van der Waals surface area contributed by atoms with Crippen LogP contribution in [0.5, 0.6) is 0 Å². The Hall–Kier alpha value is -1.98. The van der Waals surface area contributed by atoms with Gasteiger partial charge in [-0.05, 0) is 31.7 Å². The van der Waals surface area contributed by atoms with Gasteiger partial charge in [-0.25, -0.2) is 4.79 Å². The smallest absolute Gasteiger partial charge is 0.326 e. The van der Waals surface area contributed by atoms with Gasteiger partial charge in [-0.3, -0.25) is 4.79 Å². The number of carbonyl (C=O) groups is 2. The molecule has 0 bridgehead atoms. The molecule has 0 fully saturated rings. The van der Waals surface area contributed by atoms with E-state index in [0.717, 1.165) is 0 Å². The SMILES string of the molecule is CCc1nnc(C)cc1C(=O)N[C@@H](CC(C)C)C(=O)O. The second kappa shape index (κ2) is 6.98. The molecule has 20 heavy (non-hydrogen) atoms. The van der Waals surface area contributed by atoms with Gasteiger partial charge in [-0.1, -0.05) is 20.8 Å². The molecule has 0 radical (unpaired) electrons. The van der Waals surface area contributed by atoms with E-state index in [1.54, 1.807) is 13.0 Å². The fraction of sp³-hybridized carbons (Fsp3) is 0.571. The van der Waals surface area contributed by atoms with Crippen molar-refractivity contribution in [3.05, 3.63) is 23.0 Å². The van der Waals surface area contributed by atoms with E-state index in [2.05, 4.69) is 15.5 Å². The van der Waals surface area contributed by atoms with Gasteiger partial charge in [0.1, 0.15) is 6.04 Å². The fourth-order valence-corrected chi connectivity index (χ4v) is 1.90. The maximum absolute atomic E-state index is 12.2. The lowest BCUT2D eigenvalue weighted by molar-refractivity contribution is -0.139. The molecule has 0 saturated carbocycles. The standard InChI is InChI=1S/C14H21N3O3/c1-5-11-10(7-9(4)16-17-11)13(18)15-12(14(19)20)6-8(2)3/h7-8,12H,5-6H2,1-4H3,(H,15,18)(H,19,20)/t12-/m0/s1. The van der Waals surface area contributed by atoms with Gasteiger partial charge in [0, 0.05) is 0 Å². The largest absolute Gasteiger partial charge is 0.480 e. The maximum atomic E-state index is 12.2. The lowest BCUT2D eigenvalue weighted by Gasteiger charge is -2.17. The quantitative estimate of drug-likeness (QED) is 0.824. The molecule has 6 nitrogen and oxygen atoms in total. The van der Waals surface area contributed by atoms with Crippen LogP contribution in [-0.4, -0.2) is 33.2 Å². The Balaban J connectivity index is 2.94. The third-order valence-corrected chi connectivity index (χ3v) is 2.88. The van der Waals surface area contributed by atoms with E-state index in [9.17, 15) is 9.59 Å². The Labute approximate surface area is 118 Å². The summed E-state index contributed by atoms with van der Waals surface area (Å²) in [7, 11) is 0. The molecule has 0 aliphatic rings. The van der Waals surface area contributed by atoms with Crippen molar-refractivity contribution in [1.82, 2.24) is 15.5 Å². The second-order valence-electron chi connectivity index (χ2n) is 5.19. The first-order chi connectivity index (χ1) is 9.35. The van der Waals surface area contributed by atoms with Gasteiger partial charge in [0.05, 0.1) is 17.0 Å². The number of nitrogens with zero attached hydrogens (tertiary/aromatic N) is 2. The van der Waals surface area contributed by atoms with Gasteiger partial charge in [-0.15, -0.1) is 0 Å². The molecule has 2 N–H and O–H groups in total. The molecule has 0 aliphatic carbocycles. The van der Waals surface area contributed by atoms with Gasteiger partial charge in [-0.2, -0.15) is 10.2 Å². The van der Waals surface area contributed by atoms with E-state index < -0.39 is 17.9 Å². The lowest BCUT2D eigenvalue weighted by atomic mass is 10.0. The number of carboxylic acids is 1. The summed E-state index contributed by atoms with van der Waals surface area (Å²) in [4.78, 5) is 23.4. The Morgan fingerprint density at radius 1 is 1.35 bits per heavy atom. The first kappa shape index (κ1) is 16.1. The van der Waals surface area contributed by atoms with Crippen LogP contribution in [0.1, 0.15) is 48.9 Å². The van der Waals surface area contributed by atoms with Crippen molar-refractivity contribution in [3.8, 4) is 0 Å². The van der Waals surface area contributed by atoms with Gasteiger partial charge in [0.25, 0.3) is 5.91 Å². The summed E-state index contributed by atoms with van der Waals surface area (Å²) >= 11 is 0. The van der Waals surface area contributed by atoms with Gasteiger partial charge in [0.15, 0.2) is 0 Å². The Morgan fingerprint density at radius 3 is 2.50 bits per heavy atom. The number of carboxylic acid groups (broad SMARTS) is 1. The number of rotatable bonds is 6. The number of aryl methyl sites for hydroxylation is 2. The first-order valence-electron chi connectivity index (χ1n) is 6.72. The van der Waals surface area contributed by atoms with E-state index in [1.807, 2.05) is 20.8 Å². The van der Waals surface area contributed by atoms with Gasteiger partial charge in [0.2, 0.25) is 0 Å². The van der Waals surface area contributed by atoms with E-state index in [0.29, 0.717) is 29.8 Å². The van der Waals surface area contributed by atoms with E-state index in [1.165, 1.54) is 0 Å². The minimum Gasteiger partial charge on any atom is -0.480 e. The van der Waals surface area contributed by atoms with Crippen LogP contribution in [0.4, 0.5) is 0 Å². The summed E-state index contributed by atoms with van der Waals surface area (Å²) in [6.07, 6.45) is 0.956. The zero-order valence-corrected chi connectivity index (χ0v) is 12.3. The third kappa shape index (κ3) is 4.29. The monoisotopic (exact) mass is 279 g/mol. The van der Waals surface area contributed by atoms with E-state index in [-0.39, 0.29) is 5.92 Å². The molecule has 1 aromatic heterocycles. The van der Waals surface area contributed by atoms with E-state index >= 15 is 0 Å². The van der Waals surface area contributed by atoms with Crippen molar-refractivity contribution in [1.29, 1.82) is 0 Å². The summed E-state index contributed by atoms with van der Waals surface area (Å²) in [5.74, 6) is -1.25. The molecule has 0 saturated heterocycles. The topological polar surface area (TPSA) is 92.2 Å². The summed E-state index contributed by atoms with van der Waals surface area (Å²) < 4.78 is 0. The van der Waals surface area contributed by atoms with Crippen LogP contribution < -0.4 is 5.32 Å². The molecule has 110 valence electrons. The van der Waals surface area contributed by atoms with Crippen LogP contribution in [0.2, 0.25) is 0 Å². The second-order valence-corrected chi connectivity index (χ2v) is 5.19. The number of carbonyl (C=O) groups excluding carboxylic acids is 1. The molecule has 0 unspecified atom stereocenters. The highest BCUT2D eigenvalue weighted by atomic mass is 16.4. The molecule has 1 rings (SSSR count). The summed E-state index contributed by atoms with van der Waals surface area (Å²) in [5.41, 5.74) is 1.60. The van der Waals surface area contributed by atoms with Crippen molar-refractivity contribution >= 4 is 11.9 Å². The van der Waals surface area contributed by atoms with Gasteiger partial charge >= 0.3 is 5.97 Å². The van der Waals surface area contributed by atoms with Crippen LogP contribution >= 0.6 is 0 Å². The lowest BCUT2D eigenvalue weighted by Crippen LogP contribution is -2.42. The Bertz CT molecular complexity index is 500. The number of nitrogens with one attached hydrogen (secondary N) is 1. The number of aliphatic carboxylic acids is 1. The van der Waals surface area contributed by atoms with Crippen LogP contribution in [0.25, 0.3) is 0 Å². The van der Waals surface area contributed by atoms with Crippen molar-refractivity contribution in [2.45, 2.75) is 46.6 Å². The molecule has 1 amide bonds. The zero-order chi connectivity index (χ0) is 15.3. The van der Waals surface area contributed by atoms with Crippen LogP contribution in [-0.2, 0) is 11.2 Å². The highest BCUT2D eigenvalue weighted by molar-refractivity contribution is 5.97.